The Morgan fingerprint density at radius 2 is 2.35 bits per heavy atom. The lowest BCUT2D eigenvalue weighted by molar-refractivity contribution is 0.126. The minimum Gasteiger partial charge on any atom is -0.379 e. The largest absolute Gasteiger partial charge is 0.379 e. The van der Waals surface area contributed by atoms with E-state index in [2.05, 4.69) is 29.1 Å². The quantitative estimate of drug-likeness (QED) is 0.521. The van der Waals surface area contributed by atoms with Crippen LogP contribution in [0.2, 0.25) is 0 Å². The van der Waals surface area contributed by atoms with Gasteiger partial charge < -0.3 is 10.1 Å². The van der Waals surface area contributed by atoms with E-state index in [0.29, 0.717) is 6.61 Å². The highest BCUT2D eigenvalue weighted by Crippen LogP contribution is 1.96. The second-order valence-corrected chi connectivity index (χ2v) is 4.07. The number of ether oxygens (including phenoxy) is 1. The highest BCUT2D eigenvalue weighted by molar-refractivity contribution is 4.91. The molecule has 0 saturated carbocycles. The van der Waals surface area contributed by atoms with Gasteiger partial charge in [0.2, 0.25) is 0 Å². The Morgan fingerprint density at radius 3 is 3.06 bits per heavy atom. The van der Waals surface area contributed by atoms with Gasteiger partial charge in [-0.05, 0) is 19.9 Å². The fourth-order valence-electron chi connectivity index (χ4n) is 1.29. The van der Waals surface area contributed by atoms with E-state index in [4.69, 9.17) is 4.74 Å². The molecule has 0 aliphatic heterocycles. The molecule has 96 valence electrons. The molecular formula is C12H22N4O. The SMILES string of the molecule is C=C(C)CCOCCn1cc(CNCC)nn1. The van der Waals surface area contributed by atoms with Gasteiger partial charge in [0.1, 0.15) is 0 Å². The van der Waals surface area contributed by atoms with Crippen molar-refractivity contribution in [3.05, 3.63) is 24.0 Å². The van der Waals surface area contributed by atoms with Gasteiger partial charge in [0.25, 0.3) is 0 Å². The summed E-state index contributed by atoms with van der Waals surface area (Å²) in [4.78, 5) is 0. The first-order valence-corrected chi connectivity index (χ1v) is 6.04. The average molecular weight is 238 g/mol. The molecule has 1 rings (SSSR count). The zero-order valence-corrected chi connectivity index (χ0v) is 10.8. The third-order valence-electron chi connectivity index (χ3n) is 2.28. The minimum absolute atomic E-state index is 0.664. The number of nitrogens with zero attached hydrogens (tertiary/aromatic N) is 3. The van der Waals surface area contributed by atoms with Gasteiger partial charge in [-0.1, -0.05) is 17.7 Å². The molecule has 0 unspecified atom stereocenters. The summed E-state index contributed by atoms with van der Waals surface area (Å²) < 4.78 is 7.29. The molecule has 1 N–H and O–H groups in total. The third kappa shape index (κ3) is 6.19. The Morgan fingerprint density at radius 1 is 1.53 bits per heavy atom. The van der Waals surface area contributed by atoms with Crippen molar-refractivity contribution in [3.8, 4) is 0 Å². The van der Waals surface area contributed by atoms with Gasteiger partial charge in [0.15, 0.2) is 0 Å². The van der Waals surface area contributed by atoms with Crippen LogP contribution >= 0.6 is 0 Å². The number of hydrogen-bond donors (Lipinski definition) is 1. The maximum atomic E-state index is 5.47. The van der Waals surface area contributed by atoms with Crippen molar-refractivity contribution in [1.82, 2.24) is 20.3 Å². The summed E-state index contributed by atoms with van der Waals surface area (Å²) in [5.74, 6) is 0. The van der Waals surface area contributed by atoms with Crippen LogP contribution in [-0.2, 0) is 17.8 Å². The van der Waals surface area contributed by atoms with Crippen molar-refractivity contribution in [2.45, 2.75) is 33.4 Å². The monoisotopic (exact) mass is 238 g/mol. The van der Waals surface area contributed by atoms with Crippen LogP contribution in [0.5, 0.6) is 0 Å². The van der Waals surface area contributed by atoms with Crippen molar-refractivity contribution in [2.75, 3.05) is 19.8 Å². The van der Waals surface area contributed by atoms with E-state index in [-0.39, 0.29) is 0 Å². The molecule has 0 aliphatic carbocycles. The zero-order chi connectivity index (χ0) is 12.5. The normalized spacial score (nSPS) is 10.7. The second kappa shape index (κ2) is 7.97. The first kappa shape index (κ1) is 13.9. The van der Waals surface area contributed by atoms with E-state index >= 15 is 0 Å². The molecule has 1 aromatic heterocycles. The average Bonchev–Trinajstić information content (AvgIpc) is 2.73. The lowest BCUT2D eigenvalue weighted by Gasteiger charge is -2.03. The highest BCUT2D eigenvalue weighted by Gasteiger charge is 1.99. The van der Waals surface area contributed by atoms with Crippen molar-refractivity contribution in [2.24, 2.45) is 0 Å². The summed E-state index contributed by atoms with van der Waals surface area (Å²) in [6, 6.07) is 0. The van der Waals surface area contributed by atoms with Gasteiger partial charge >= 0.3 is 0 Å². The highest BCUT2D eigenvalue weighted by atomic mass is 16.5. The third-order valence-corrected chi connectivity index (χ3v) is 2.28. The standard InChI is InChI=1S/C12H22N4O/c1-4-13-9-12-10-16(15-14-12)6-8-17-7-5-11(2)3/h10,13H,2,4-9H2,1,3H3. The van der Waals surface area contributed by atoms with Crippen LogP contribution in [0.3, 0.4) is 0 Å². The molecule has 0 saturated heterocycles. The van der Waals surface area contributed by atoms with Crippen LogP contribution in [0.4, 0.5) is 0 Å². The van der Waals surface area contributed by atoms with Gasteiger partial charge in [-0.3, -0.25) is 0 Å². The summed E-state index contributed by atoms with van der Waals surface area (Å²) in [5.41, 5.74) is 2.12. The van der Waals surface area contributed by atoms with Crippen LogP contribution in [0, 0.1) is 0 Å². The number of aromatic nitrogens is 3. The molecule has 0 fully saturated rings. The lowest BCUT2D eigenvalue weighted by atomic mass is 10.3. The molecule has 0 amide bonds. The van der Waals surface area contributed by atoms with E-state index < -0.39 is 0 Å². The maximum Gasteiger partial charge on any atom is 0.0964 e. The first-order chi connectivity index (χ1) is 8.22. The van der Waals surface area contributed by atoms with Gasteiger partial charge in [-0.25, -0.2) is 4.68 Å². The van der Waals surface area contributed by atoms with Crippen molar-refractivity contribution in [1.29, 1.82) is 0 Å². The van der Waals surface area contributed by atoms with Gasteiger partial charge in [-0.2, -0.15) is 0 Å². The Kier molecular flexibility index (Phi) is 6.50. The van der Waals surface area contributed by atoms with E-state index in [0.717, 1.165) is 43.9 Å². The molecule has 0 bridgehead atoms. The zero-order valence-electron chi connectivity index (χ0n) is 10.8. The van der Waals surface area contributed by atoms with E-state index in [1.807, 2.05) is 17.8 Å². The molecule has 0 aliphatic rings. The molecule has 0 aromatic carbocycles. The topological polar surface area (TPSA) is 52.0 Å². The summed E-state index contributed by atoms with van der Waals surface area (Å²) in [7, 11) is 0. The predicted molar refractivity (Wildman–Crippen MR) is 67.7 cm³/mol. The first-order valence-electron chi connectivity index (χ1n) is 6.04. The molecule has 5 nitrogen and oxygen atoms in total. The van der Waals surface area contributed by atoms with Crippen LogP contribution in [-0.4, -0.2) is 34.8 Å². The van der Waals surface area contributed by atoms with E-state index in [1.54, 1.807) is 0 Å². The maximum absolute atomic E-state index is 5.47. The number of nitrogens with one attached hydrogen (secondary N) is 1. The molecule has 1 heterocycles. The van der Waals surface area contributed by atoms with E-state index in [9.17, 15) is 0 Å². The van der Waals surface area contributed by atoms with Crippen molar-refractivity contribution in [3.63, 3.8) is 0 Å². The van der Waals surface area contributed by atoms with Crippen LogP contribution in [0.25, 0.3) is 0 Å². The van der Waals surface area contributed by atoms with Crippen LogP contribution in [0.1, 0.15) is 26.0 Å². The van der Waals surface area contributed by atoms with Gasteiger partial charge in [0.05, 0.1) is 25.5 Å². The Labute approximate surface area is 103 Å². The van der Waals surface area contributed by atoms with Crippen LogP contribution < -0.4 is 5.32 Å². The Hall–Kier alpha value is -1.20. The summed E-state index contributed by atoms with van der Waals surface area (Å²) in [5, 5.41) is 11.3. The van der Waals surface area contributed by atoms with E-state index in [1.165, 1.54) is 0 Å². The number of rotatable bonds is 9. The summed E-state index contributed by atoms with van der Waals surface area (Å²) in [6.07, 6.45) is 2.87. The fourth-order valence-corrected chi connectivity index (χ4v) is 1.29. The molecule has 17 heavy (non-hydrogen) atoms. The van der Waals surface area contributed by atoms with Crippen LogP contribution in [0.15, 0.2) is 18.3 Å². The molecule has 0 spiro atoms. The number of hydrogen-bond acceptors (Lipinski definition) is 4. The Bertz CT molecular complexity index is 335. The second-order valence-electron chi connectivity index (χ2n) is 4.07. The van der Waals surface area contributed by atoms with Gasteiger partial charge in [0, 0.05) is 12.7 Å². The Balaban J connectivity index is 2.14. The summed E-state index contributed by atoms with van der Waals surface area (Å²) in [6.45, 7) is 11.8. The predicted octanol–water partition coefficient (Wildman–Crippen LogP) is 1.37. The summed E-state index contributed by atoms with van der Waals surface area (Å²) >= 11 is 0. The fraction of sp³-hybridized carbons (Fsp3) is 0.667. The molecule has 0 radical (unpaired) electrons. The molecule has 5 heteroatoms. The molecule has 0 atom stereocenters. The lowest BCUT2D eigenvalue weighted by Crippen LogP contribution is -2.12. The molecule has 1 aromatic rings. The smallest absolute Gasteiger partial charge is 0.0964 e. The minimum atomic E-state index is 0.664. The van der Waals surface area contributed by atoms with Crippen molar-refractivity contribution >= 4 is 0 Å². The molecular weight excluding hydrogens is 216 g/mol. The van der Waals surface area contributed by atoms with Crippen molar-refractivity contribution < 1.29 is 4.74 Å². The van der Waals surface area contributed by atoms with Gasteiger partial charge in [-0.15, -0.1) is 11.7 Å².